The first-order valence-corrected chi connectivity index (χ1v) is 8.73. The maximum absolute atomic E-state index is 10.1. The molecule has 0 aliphatic heterocycles. The van der Waals surface area contributed by atoms with Crippen molar-refractivity contribution >= 4 is 28.6 Å². The number of aliphatic hydroxyl groups is 3. The van der Waals surface area contributed by atoms with E-state index in [0.717, 1.165) is 5.56 Å². The Morgan fingerprint density at radius 3 is 2.48 bits per heavy atom. The molecule has 1 aromatic carbocycles. The zero-order chi connectivity index (χ0) is 19.4. The number of imidazole rings is 1. The summed E-state index contributed by atoms with van der Waals surface area (Å²) in [6, 6.07) is 6.89. The Hall–Kier alpha value is -2.30. The summed E-state index contributed by atoms with van der Waals surface area (Å²) in [5.74, 6) is 0.0312. The van der Waals surface area contributed by atoms with Gasteiger partial charge in [-0.15, -0.1) is 0 Å². The number of hydrogen-bond acceptors (Lipinski definition) is 8. The molecule has 1 saturated carbocycles. The molecule has 0 amide bonds. The highest BCUT2D eigenvalue weighted by Gasteiger charge is 2.38. The quantitative estimate of drug-likeness (QED) is 0.368. The number of aromatic amines is 1. The van der Waals surface area contributed by atoms with Crippen molar-refractivity contribution in [3.05, 3.63) is 47.5 Å². The number of fused-ring (bicyclic) bond motifs is 1. The molecule has 4 rings (SSSR count). The fourth-order valence-electron chi connectivity index (χ4n) is 3.09. The Bertz CT molecular complexity index is 875. The minimum Gasteiger partial charge on any atom is -0.390 e. The second-order valence-electron chi connectivity index (χ2n) is 6.23. The van der Waals surface area contributed by atoms with Crippen LogP contribution >= 0.6 is 11.6 Å². The first-order valence-electron chi connectivity index (χ1n) is 8.35. The molecular formula is C17H20ClN5O4. The summed E-state index contributed by atoms with van der Waals surface area (Å²) in [4.78, 5) is 14.2. The van der Waals surface area contributed by atoms with E-state index in [-0.39, 0.29) is 5.92 Å². The summed E-state index contributed by atoms with van der Waals surface area (Å²) in [6.45, 7) is 0. The van der Waals surface area contributed by atoms with Crippen molar-refractivity contribution in [1.82, 2.24) is 19.9 Å². The minimum atomic E-state index is -0.842. The zero-order valence-corrected chi connectivity index (χ0v) is 15.0. The van der Waals surface area contributed by atoms with Gasteiger partial charge in [-0.2, -0.15) is 0 Å². The average molecular weight is 394 g/mol. The number of H-pyrrole nitrogens is 1. The van der Waals surface area contributed by atoms with Gasteiger partial charge in [-0.3, -0.25) is 10.7 Å². The fraction of sp³-hybridized carbons (Fsp3) is 0.353. The van der Waals surface area contributed by atoms with E-state index in [1.54, 1.807) is 24.3 Å². The van der Waals surface area contributed by atoms with Crippen molar-refractivity contribution in [2.45, 2.75) is 31.2 Å². The van der Waals surface area contributed by atoms with Crippen LogP contribution in [0.3, 0.4) is 0 Å². The Morgan fingerprint density at radius 2 is 1.85 bits per heavy atom. The predicted octanol–water partition coefficient (Wildman–Crippen LogP) is 1.66. The number of aliphatic hydroxyl groups excluding tert-OH is 3. The Kier molecular flexibility index (Phi) is 6.19. The van der Waals surface area contributed by atoms with E-state index in [4.69, 9.17) is 16.8 Å². The molecule has 2 heterocycles. The zero-order valence-electron chi connectivity index (χ0n) is 14.2. The van der Waals surface area contributed by atoms with Gasteiger partial charge >= 0.3 is 0 Å². The van der Waals surface area contributed by atoms with Gasteiger partial charge in [0.25, 0.3) is 0 Å². The third-order valence-electron chi connectivity index (χ3n) is 4.57. The van der Waals surface area contributed by atoms with Crippen molar-refractivity contribution < 1.29 is 20.5 Å². The summed E-state index contributed by atoms with van der Waals surface area (Å²) in [6.07, 6.45) is 1.67. The van der Waals surface area contributed by atoms with Crippen LogP contribution in [0.25, 0.3) is 11.2 Å². The van der Waals surface area contributed by atoms with Gasteiger partial charge in [-0.25, -0.2) is 15.0 Å². The third kappa shape index (κ3) is 4.34. The summed E-state index contributed by atoms with van der Waals surface area (Å²) in [5.41, 5.74) is 3.78. The first-order chi connectivity index (χ1) is 13.0. The van der Waals surface area contributed by atoms with Crippen LogP contribution in [0.15, 0.2) is 36.9 Å². The number of nitrogens with zero attached hydrogens (tertiary/aromatic N) is 3. The van der Waals surface area contributed by atoms with Crippen LogP contribution in [0.1, 0.15) is 24.5 Å². The minimum absolute atomic E-state index is 0.295. The van der Waals surface area contributed by atoms with E-state index in [1.165, 1.54) is 12.7 Å². The highest BCUT2D eigenvalue weighted by molar-refractivity contribution is 6.30. The van der Waals surface area contributed by atoms with Crippen LogP contribution < -0.4 is 5.48 Å². The molecule has 0 bridgehead atoms. The largest absolute Gasteiger partial charge is 0.390 e. The first kappa shape index (κ1) is 19.5. The molecule has 0 spiro atoms. The highest BCUT2D eigenvalue weighted by atomic mass is 35.5. The second kappa shape index (κ2) is 8.59. The van der Waals surface area contributed by atoms with Crippen LogP contribution in [0, 0.1) is 5.92 Å². The van der Waals surface area contributed by atoms with Crippen LogP contribution in [0.5, 0.6) is 0 Å². The van der Waals surface area contributed by atoms with E-state index in [2.05, 4.69) is 19.9 Å². The summed E-state index contributed by atoms with van der Waals surface area (Å²) >= 11 is 5.76. The van der Waals surface area contributed by atoms with Crippen LogP contribution in [-0.4, -0.2) is 52.7 Å². The van der Waals surface area contributed by atoms with Crippen molar-refractivity contribution in [3.8, 4) is 0 Å². The van der Waals surface area contributed by atoms with Crippen LogP contribution in [-0.2, 0) is 0 Å². The number of anilines is 1. The SMILES string of the molecule is OC1CCC(C(O)c2ccc(Cl)cc2)C1O.ONc1ncnc2nc[nH]c12. The molecule has 3 aromatic rings. The molecule has 4 unspecified atom stereocenters. The number of aromatic nitrogens is 4. The lowest BCUT2D eigenvalue weighted by atomic mass is 9.92. The van der Waals surface area contributed by atoms with Crippen LogP contribution in [0.2, 0.25) is 5.02 Å². The second-order valence-corrected chi connectivity index (χ2v) is 6.67. The maximum atomic E-state index is 10.1. The van der Waals surface area contributed by atoms with Crippen molar-refractivity contribution in [3.63, 3.8) is 0 Å². The molecule has 27 heavy (non-hydrogen) atoms. The van der Waals surface area contributed by atoms with Gasteiger partial charge in [0.2, 0.25) is 0 Å². The van der Waals surface area contributed by atoms with E-state index in [0.29, 0.717) is 34.8 Å². The van der Waals surface area contributed by atoms with Gasteiger partial charge in [0.1, 0.15) is 11.8 Å². The standard InChI is InChI=1S/C12H15ClO3.C5H5N5O/c13-8-3-1-7(2-4-8)11(15)9-5-6-10(14)12(9)16;11-10-5-3-4(7-1-6-3)8-2-9-5/h1-4,9-12,14-16H,5-6H2;1-2,11H,(H2,6,7,8,9,10). The molecule has 10 heteroatoms. The normalized spacial score (nSPS) is 22.9. The van der Waals surface area contributed by atoms with Gasteiger partial charge in [-0.05, 0) is 30.5 Å². The van der Waals surface area contributed by atoms with E-state index in [9.17, 15) is 15.3 Å². The lowest BCUT2D eigenvalue weighted by molar-refractivity contribution is -0.0210. The van der Waals surface area contributed by atoms with Gasteiger partial charge < -0.3 is 20.3 Å². The van der Waals surface area contributed by atoms with E-state index >= 15 is 0 Å². The molecule has 0 saturated heterocycles. The molecule has 2 aromatic heterocycles. The van der Waals surface area contributed by atoms with Crippen molar-refractivity contribution in [2.75, 3.05) is 5.48 Å². The fourth-order valence-corrected chi connectivity index (χ4v) is 3.22. The van der Waals surface area contributed by atoms with Gasteiger partial charge in [0, 0.05) is 10.9 Å². The Balaban J connectivity index is 0.000000166. The Labute approximate surface area is 159 Å². The number of benzene rings is 1. The van der Waals surface area contributed by atoms with Crippen molar-refractivity contribution in [2.24, 2.45) is 5.92 Å². The van der Waals surface area contributed by atoms with E-state index < -0.39 is 18.3 Å². The summed E-state index contributed by atoms with van der Waals surface area (Å²) < 4.78 is 0. The number of hydrogen-bond donors (Lipinski definition) is 6. The summed E-state index contributed by atoms with van der Waals surface area (Å²) in [5, 5.41) is 38.4. The number of nitrogens with one attached hydrogen (secondary N) is 2. The van der Waals surface area contributed by atoms with Crippen LogP contribution in [0.4, 0.5) is 5.82 Å². The molecule has 6 N–H and O–H groups in total. The molecule has 144 valence electrons. The lowest BCUT2D eigenvalue weighted by Crippen LogP contribution is -2.28. The Morgan fingerprint density at radius 1 is 1.11 bits per heavy atom. The topological polar surface area (TPSA) is 147 Å². The third-order valence-corrected chi connectivity index (χ3v) is 4.83. The summed E-state index contributed by atoms with van der Waals surface area (Å²) in [7, 11) is 0. The molecule has 9 nitrogen and oxygen atoms in total. The van der Waals surface area contributed by atoms with Gasteiger partial charge in [0.05, 0.1) is 24.6 Å². The molecular weight excluding hydrogens is 374 g/mol. The maximum Gasteiger partial charge on any atom is 0.182 e. The monoisotopic (exact) mass is 393 g/mol. The number of halogens is 1. The lowest BCUT2D eigenvalue weighted by Gasteiger charge is -2.22. The molecule has 4 atom stereocenters. The molecule has 1 fully saturated rings. The van der Waals surface area contributed by atoms with Gasteiger partial charge in [0.15, 0.2) is 11.5 Å². The number of rotatable bonds is 3. The smallest absolute Gasteiger partial charge is 0.182 e. The van der Waals surface area contributed by atoms with Gasteiger partial charge in [-0.1, -0.05) is 23.7 Å². The molecule has 0 radical (unpaired) electrons. The average Bonchev–Trinajstić information content (AvgIpc) is 3.29. The molecule has 1 aliphatic carbocycles. The highest BCUT2D eigenvalue weighted by Crippen LogP contribution is 2.36. The van der Waals surface area contributed by atoms with Crippen molar-refractivity contribution in [1.29, 1.82) is 0 Å². The van der Waals surface area contributed by atoms with E-state index in [1.807, 2.05) is 5.48 Å². The molecule has 1 aliphatic rings. The predicted molar refractivity (Wildman–Crippen MR) is 98.2 cm³/mol.